The summed E-state index contributed by atoms with van der Waals surface area (Å²) in [4.78, 5) is 37.0. The zero-order valence-corrected chi connectivity index (χ0v) is 12.6. The maximum Gasteiger partial charge on any atom is 0.262 e. The quantitative estimate of drug-likeness (QED) is 0.643. The lowest BCUT2D eigenvalue weighted by Gasteiger charge is -2.21. The molecule has 6 heteroatoms. The van der Waals surface area contributed by atoms with Crippen LogP contribution >= 0.6 is 11.3 Å². The number of hydrogen-bond acceptors (Lipinski definition) is 4. The van der Waals surface area contributed by atoms with Crippen molar-refractivity contribution in [1.29, 1.82) is 0 Å². The van der Waals surface area contributed by atoms with Gasteiger partial charge in [-0.05, 0) is 43.7 Å². The molecule has 0 radical (unpaired) electrons. The molecular formula is C15H18N2O3S. The van der Waals surface area contributed by atoms with Crippen LogP contribution in [0.25, 0.3) is 0 Å². The lowest BCUT2D eigenvalue weighted by Crippen LogP contribution is -2.52. The number of hydrogen-bond donors (Lipinski definition) is 2. The Bertz CT molecular complexity index is 570. The normalized spacial score (nSPS) is 22.2. The molecular weight excluding hydrogens is 288 g/mol. The molecule has 1 aromatic rings. The second-order valence-electron chi connectivity index (χ2n) is 5.60. The standard InChI is InChI=1S/C15H18N2O3S/c18-13-7-6-10(14(19)17-13)16-15(20)12-8-9-4-2-1-3-5-11(9)21-12/h8,10H,1-7H2,(H,16,20)(H,17,18,19). The molecule has 2 N–H and O–H groups in total. The van der Waals surface area contributed by atoms with Gasteiger partial charge in [-0.15, -0.1) is 11.3 Å². The molecule has 5 nitrogen and oxygen atoms in total. The van der Waals surface area contributed by atoms with Gasteiger partial charge in [-0.3, -0.25) is 19.7 Å². The van der Waals surface area contributed by atoms with Gasteiger partial charge < -0.3 is 5.32 Å². The number of fused-ring (bicyclic) bond motifs is 1. The predicted molar refractivity (Wildman–Crippen MR) is 79.2 cm³/mol. The minimum atomic E-state index is -0.600. The number of carbonyl (C=O) groups excluding carboxylic acids is 3. The molecule has 1 aromatic heterocycles. The molecule has 1 atom stereocenters. The summed E-state index contributed by atoms with van der Waals surface area (Å²) in [6.45, 7) is 0. The minimum Gasteiger partial charge on any atom is -0.340 e. The van der Waals surface area contributed by atoms with E-state index in [1.165, 1.54) is 41.0 Å². The van der Waals surface area contributed by atoms with Crippen LogP contribution in [0.15, 0.2) is 6.07 Å². The van der Waals surface area contributed by atoms with E-state index >= 15 is 0 Å². The fourth-order valence-electron chi connectivity index (χ4n) is 2.84. The third-order valence-electron chi connectivity index (χ3n) is 4.01. The summed E-state index contributed by atoms with van der Waals surface area (Å²) in [5.41, 5.74) is 1.28. The number of carbonyl (C=O) groups is 3. The van der Waals surface area contributed by atoms with E-state index in [0.29, 0.717) is 11.3 Å². The van der Waals surface area contributed by atoms with E-state index in [0.717, 1.165) is 12.8 Å². The molecule has 0 spiro atoms. The van der Waals surface area contributed by atoms with E-state index in [4.69, 9.17) is 0 Å². The molecule has 3 rings (SSSR count). The molecule has 0 bridgehead atoms. The van der Waals surface area contributed by atoms with Gasteiger partial charge in [-0.25, -0.2) is 0 Å². The Kier molecular flexibility index (Phi) is 4.05. The van der Waals surface area contributed by atoms with E-state index in [2.05, 4.69) is 10.6 Å². The maximum atomic E-state index is 12.3. The Morgan fingerprint density at radius 2 is 2.00 bits per heavy atom. The molecule has 1 aliphatic carbocycles. The third-order valence-corrected chi connectivity index (χ3v) is 5.25. The Balaban J connectivity index is 1.68. The number of amides is 3. The molecule has 1 unspecified atom stereocenters. The first kappa shape index (κ1) is 14.3. The number of thiophene rings is 1. The van der Waals surface area contributed by atoms with Crippen LogP contribution in [0.4, 0.5) is 0 Å². The topological polar surface area (TPSA) is 75.3 Å². The highest BCUT2D eigenvalue weighted by Crippen LogP contribution is 2.29. The first-order valence-corrected chi connectivity index (χ1v) is 8.21. The second kappa shape index (κ2) is 5.97. The highest BCUT2D eigenvalue weighted by Gasteiger charge is 2.28. The van der Waals surface area contributed by atoms with E-state index in [-0.39, 0.29) is 18.2 Å². The van der Waals surface area contributed by atoms with Crippen molar-refractivity contribution < 1.29 is 14.4 Å². The molecule has 0 saturated carbocycles. The lowest BCUT2D eigenvalue weighted by atomic mass is 10.1. The summed E-state index contributed by atoms with van der Waals surface area (Å²) in [5, 5.41) is 4.99. The van der Waals surface area contributed by atoms with Gasteiger partial charge in [0.15, 0.2) is 0 Å². The predicted octanol–water partition coefficient (Wildman–Crippen LogP) is 1.55. The molecule has 112 valence electrons. The molecule has 2 aliphatic rings. The Hall–Kier alpha value is -1.69. The third kappa shape index (κ3) is 3.15. The molecule has 1 aliphatic heterocycles. The van der Waals surface area contributed by atoms with Crippen molar-refractivity contribution in [2.75, 3.05) is 0 Å². The SMILES string of the molecule is O=C1CCC(NC(=O)c2cc3c(s2)CCCCC3)C(=O)N1. The maximum absolute atomic E-state index is 12.3. The Morgan fingerprint density at radius 3 is 2.81 bits per heavy atom. The number of aryl methyl sites for hydroxylation is 2. The number of piperidine rings is 1. The fraction of sp³-hybridized carbons (Fsp3) is 0.533. The number of imide groups is 1. The van der Waals surface area contributed by atoms with Crippen LogP contribution in [-0.4, -0.2) is 23.8 Å². The van der Waals surface area contributed by atoms with Crippen molar-refractivity contribution in [3.8, 4) is 0 Å². The first-order chi connectivity index (χ1) is 10.1. The van der Waals surface area contributed by atoms with Gasteiger partial charge in [0.2, 0.25) is 11.8 Å². The van der Waals surface area contributed by atoms with Gasteiger partial charge in [-0.1, -0.05) is 6.42 Å². The van der Waals surface area contributed by atoms with E-state index < -0.39 is 11.9 Å². The molecule has 0 aromatic carbocycles. The monoisotopic (exact) mass is 306 g/mol. The summed E-state index contributed by atoms with van der Waals surface area (Å²) in [6.07, 6.45) is 6.35. The van der Waals surface area contributed by atoms with Crippen LogP contribution in [0.3, 0.4) is 0 Å². The average Bonchev–Trinajstić information content (AvgIpc) is 2.73. The minimum absolute atomic E-state index is 0.206. The van der Waals surface area contributed by atoms with Crippen molar-refractivity contribution in [2.45, 2.75) is 51.0 Å². The zero-order chi connectivity index (χ0) is 14.8. The highest BCUT2D eigenvalue weighted by atomic mass is 32.1. The van der Waals surface area contributed by atoms with Crippen molar-refractivity contribution in [3.63, 3.8) is 0 Å². The van der Waals surface area contributed by atoms with Crippen molar-refractivity contribution in [2.24, 2.45) is 0 Å². The fourth-order valence-corrected chi connectivity index (χ4v) is 4.00. The summed E-state index contributed by atoms with van der Waals surface area (Å²) >= 11 is 1.54. The van der Waals surface area contributed by atoms with Crippen molar-refractivity contribution in [1.82, 2.24) is 10.6 Å². The van der Waals surface area contributed by atoms with Crippen LogP contribution in [0, 0.1) is 0 Å². The Labute approximate surface area is 127 Å². The smallest absolute Gasteiger partial charge is 0.262 e. The average molecular weight is 306 g/mol. The summed E-state index contributed by atoms with van der Waals surface area (Å²) in [6, 6.07) is 1.36. The van der Waals surface area contributed by atoms with E-state index in [9.17, 15) is 14.4 Å². The van der Waals surface area contributed by atoms with Crippen molar-refractivity contribution >= 4 is 29.1 Å². The highest BCUT2D eigenvalue weighted by molar-refractivity contribution is 7.14. The van der Waals surface area contributed by atoms with Gasteiger partial charge in [0, 0.05) is 11.3 Å². The van der Waals surface area contributed by atoms with Gasteiger partial charge in [0.05, 0.1) is 4.88 Å². The number of nitrogens with one attached hydrogen (secondary N) is 2. The largest absolute Gasteiger partial charge is 0.340 e. The molecule has 2 heterocycles. The first-order valence-electron chi connectivity index (χ1n) is 7.39. The van der Waals surface area contributed by atoms with Crippen LogP contribution in [0.2, 0.25) is 0 Å². The van der Waals surface area contributed by atoms with Crippen LogP contribution in [0.1, 0.15) is 52.2 Å². The number of rotatable bonds is 2. The van der Waals surface area contributed by atoms with Crippen LogP contribution < -0.4 is 10.6 Å². The summed E-state index contributed by atoms with van der Waals surface area (Å²) < 4.78 is 0. The molecule has 1 fully saturated rings. The van der Waals surface area contributed by atoms with E-state index in [1.54, 1.807) is 0 Å². The second-order valence-corrected chi connectivity index (χ2v) is 6.73. The summed E-state index contributed by atoms with van der Waals surface area (Å²) in [7, 11) is 0. The van der Waals surface area contributed by atoms with Gasteiger partial charge in [0.1, 0.15) is 6.04 Å². The summed E-state index contributed by atoms with van der Waals surface area (Å²) in [5.74, 6) is -0.881. The Morgan fingerprint density at radius 1 is 1.19 bits per heavy atom. The van der Waals surface area contributed by atoms with Crippen molar-refractivity contribution in [3.05, 3.63) is 21.4 Å². The van der Waals surface area contributed by atoms with Crippen LogP contribution in [0.5, 0.6) is 0 Å². The zero-order valence-electron chi connectivity index (χ0n) is 11.7. The van der Waals surface area contributed by atoms with Gasteiger partial charge >= 0.3 is 0 Å². The van der Waals surface area contributed by atoms with Crippen LogP contribution in [-0.2, 0) is 22.4 Å². The molecule has 3 amide bonds. The van der Waals surface area contributed by atoms with Gasteiger partial charge in [-0.2, -0.15) is 0 Å². The molecule has 21 heavy (non-hydrogen) atoms. The van der Waals surface area contributed by atoms with Gasteiger partial charge in [0.25, 0.3) is 5.91 Å². The molecule has 1 saturated heterocycles. The lowest BCUT2D eigenvalue weighted by molar-refractivity contribution is -0.134. The van der Waals surface area contributed by atoms with E-state index in [1.807, 2.05) is 6.07 Å².